The van der Waals surface area contributed by atoms with Crippen LogP contribution in [0, 0.1) is 11.6 Å². The fourth-order valence-corrected chi connectivity index (χ4v) is 5.49. The first-order chi connectivity index (χ1) is 19.7. The van der Waals surface area contributed by atoms with Crippen LogP contribution in [0.4, 0.5) is 13.6 Å². The van der Waals surface area contributed by atoms with Crippen LogP contribution in [0.3, 0.4) is 0 Å². The first-order valence-electron chi connectivity index (χ1n) is 12.9. The molecule has 0 saturated heterocycles. The van der Waals surface area contributed by atoms with Crippen LogP contribution in [0.1, 0.15) is 37.0 Å². The molecule has 41 heavy (non-hydrogen) atoms. The second kappa shape index (κ2) is 11.6. The van der Waals surface area contributed by atoms with Gasteiger partial charge in [-0.2, -0.15) is 0 Å². The molecule has 0 unspecified atom stereocenters. The molecular formula is C32H27F2NO5S. The first-order valence-corrected chi connectivity index (χ1v) is 13.7. The summed E-state index contributed by atoms with van der Waals surface area (Å²) < 4.78 is 41.8. The van der Waals surface area contributed by atoms with Gasteiger partial charge in [-0.3, -0.25) is 9.52 Å². The van der Waals surface area contributed by atoms with E-state index in [1.807, 2.05) is 42.5 Å². The van der Waals surface area contributed by atoms with E-state index < -0.39 is 35.2 Å². The van der Waals surface area contributed by atoms with E-state index in [1.54, 1.807) is 32.2 Å². The van der Waals surface area contributed by atoms with Crippen LogP contribution in [0.25, 0.3) is 22.3 Å². The van der Waals surface area contributed by atoms with Crippen molar-refractivity contribution in [2.75, 3.05) is 7.11 Å². The lowest BCUT2D eigenvalue weighted by Gasteiger charge is -2.16. The predicted octanol–water partition coefficient (Wildman–Crippen LogP) is 7.92. The van der Waals surface area contributed by atoms with Gasteiger partial charge < -0.3 is 14.6 Å². The molecule has 0 heterocycles. The third-order valence-corrected chi connectivity index (χ3v) is 8.06. The zero-order valence-electron chi connectivity index (χ0n) is 22.3. The average Bonchev–Trinajstić information content (AvgIpc) is 3.79. The largest absolute Gasteiger partial charge is 0.496 e. The summed E-state index contributed by atoms with van der Waals surface area (Å²) in [4.78, 5) is 24.6. The Hall–Kier alpha value is -4.37. The zero-order chi connectivity index (χ0) is 29.1. The summed E-state index contributed by atoms with van der Waals surface area (Å²) in [5.74, 6) is -1.19. The lowest BCUT2D eigenvalue weighted by molar-refractivity contribution is -0.140. The number of benzene rings is 4. The molecule has 1 saturated carbocycles. The zero-order valence-corrected chi connectivity index (χ0v) is 23.1. The topological polar surface area (TPSA) is 84.9 Å². The minimum Gasteiger partial charge on any atom is -0.496 e. The Morgan fingerprint density at radius 1 is 0.927 bits per heavy atom. The van der Waals surface area contributed by atoms with Crippen LogP contribution in [-0.2, 0) is 14.9 Å². The Morgan fingerprint density at radius 3 is 2.27 bits per heavy atom. The number of carboxylic acid groups (broad SMARTS) is 1. The van der Waals surface area contributed by atoms with Crippen LogP contribution in [0.15, 0.2) is 89.8 Å². The van der Waals surface area contributed by atoms with Gasteiger partial charge in [0.25, 0.3) is 0 Å². The molecule has 1 fully saturated rings. The molecule has 0 aromatic heterocycles. The Kier molecular flexibility index (Phi) is 7.99. The van der Waals surface area contributed by atoms with Crippen molar-refractivity contribution in [1.82, 2.24) is 4.72 Å². The quantitative estimate of drug-likeness (QED) is 0.197. The van der Waals surface area contributed by atoms with Crippen LogP contribution in [0.2, 0.25) is 0 Å². The minimum atomic E-state index is -0.825. The van der Waals surface area contributed by atoms with E-state index in [1.165, 1.54) is 24.3 Å². The van der Waals surface area contributed by atoms with Gasteiger partial charge in [0.2, 0.25) is 0 Å². The summed E-state index contributed by atoms with van der Waals surface area (Å²) in [5.41, 5.74) is 3.29. The van der Waals surface area contributed by atoms with Gasteiger partial charge in [0, 0.05) is 16.0 Å². The maximum atomic E-state index is 14.2. The van der Waals surface area contributed by atoms with Gasteiger partial charge in [0.05, 0.1) is 12.5 Å². The van der Waals surface area contributed by atoms with Crippen LogP contribution in [0.5, 0.6) is 5.75 Å². The molecule has 6 nitrogen and oxygen atoms in total. The molecule has 1 amide bonds. The number of hydrogen-bond donors (Lipinski definition) is 2. The number of rotatable bonds is 9. The molecule has 9 heteroatoms. The summed E-state index contributed by atoms with van der Waals surface area (Å²) in [5, 5.41) is 9.58. The maximum absolute atomic E-state index is 14.2. The van der Waals surface area contributed by atoms with Gasteiger partial charge in [-0.15, -0.1) is 0 Å². The Morgan fingerprint density at radius 2 is 1.61 bits per heavy atom. The van der Waals surface area contributed by atoms with Crippen molar-refractivity contribution in [3.05, 3.63) is 108 Å². The highest BCUT2D eigenvalue weighted by Crippen LogP contribution is 2.49. The van der Waals surface area contributed by atoms with Gasteiger partial charge in [-0.1, -0.05) is 60.7 Å². The number of aliphatic carboxylic acids is 1. The highest BCUT2D eigenvalue weighted by atomic mass is 32.2. The molecule has 0 radical (unpaired) electrons. The van der Waals surface area contributed by atoms with E-state index in [0.29, 0.717) is 29.1 Å². The predicted molar refractivity (Wildman–Crippen MR) is 153 cm³/mol. The summed E-state index contributed by atoms with van der Waals surface area (Å²) in [7, 11) is 1.55. The summed E-state index contributed by atoms with van der Waals surface area (Å²) in [6.07, 6.45) is -0.356. The lowest BCUT2D eigenvalue weighted by atomic mass is 9.93. The standard InChI is InChI=1S/C32H27F2NO5S/c1-19(24-5-3-4-6-27(24)34)40-31(38)35-41-29-18-23(33)12-14-26(29)21-9-13-25(28(17-21)39-2)20-7-10-22(11-8-20)32(15-16-32)30(36)37/h3-14,17-19H,15-16H2,1-2H3,(H,35,38)(H,36,37)/t19-/m1/s1. The van der Waals surface area contributed by atoms with Crippen molar-refractivity contribution in [2.45, 2.75) is 36.2 Å². The number of nitrogens with one attached hydrogen (secondary N) is 1. The number of halogens is 2. The Labute approximate surface area is 240 Å². The van der Waals surface area contributed by atoms with E-state index in [4.69, 9.17) is 9.47 Å². The number of amides is 1. The molecule has 0 bridgehead atoms. The highest BCUT2D eigenvalue weighted by Gasteiger charge is 2.51. The monoisotopic (exact) mass is 575 g/mol. The van der Waals surface area contributed by atoms with Crippen molar-refractivity contribution >= 4 is 24.0 Å². The maximum Gasteiger partial charge on any atom is 0.418 e. The number of hydrogen-bond acceptors (Lipinski definition) is 5. The van der Waals surface area contributed by atoms with E-state index in [2.05, 4.69) is 4.72 Å². The lowest BCUT2D eigenvalue weighted by Crippen LogP contribution is -2.19. The van der Waals surface area contributed by atoms with E-state index >= 15 is 0 Å². The van der Waals surface area contributed by atoms with Crippen molar-refractivity contribution in [3.63, 3.8) is 0 Å². The van der Waals surface area contributed by atoms with Gasteiger partial charge in [-0.25, -0.2) is 13.6 Å². The smallest absolute Gasteiger partial charge is 0.418 e. The second-order valence-electron chi connectivity index (χ2n) is 9.79. The van der Waals surface area contributed by atoms with Gasteiger partial charge in [-0.05, 0) is 78.2 Å². The van der Waals surface area contributed by atoms with Gasteiger partial charge in [0.15, 0.2) is 0 Å². The van der Waals surface area contributed by atoms with Gasteiger partial charge in [0.1, 0.15) is 23.5 Å². The number of ether oxygens (including phenoxy) is 2. The third-order valence-electron chi connectivity index (χ3n) is 7.24. The average molecular weight is 576 g/mol. The molecule has 1 atom stereocenters. The van der Waals surface area contributed by atoms with Crippen molar-refractivity contribution in [2.24, 2.45) is 0 Å². The van der Waals surface area contributed by atoms with Crippen LogP contribution < -0.4 is 9.46 Å². The van der Waals surface area contributed by atoms with Gasteiger partial charge >= 0.3 is 12.1 Å². The molecule has 2 N–H and O–H groups in total. The minimum absolute atomic E-state index is 0.245. The van der Waals surface area contributed by atoms with E-state index in [-0.39, 0.29) is 5.56 Å². The molecule has 0 spiro atoms. The third kappa shape index (κ3) is 5.90. The molecule has 4 aromatic rings. The van der Waals surface area contributed by atoms with Crippen molar-refractivity contribution in [3.8, 4) is 28.0 Å². The molecule has 210 valence electrons. The Bertz CT molecular complexity index is 1600. The first kappa shape index (κ1) is 28.2. The normalized spacial score (nSPS) is 14.1. The number of carbonyl (C=O) groups is 2. The number of carbonyl (C=O) groups excluding carboxylic acids is 1. The summed E-state index contributed by atoms with van der Waals surface area (Å²) >= 11 is 0.885. The van der Waals surface area contributed by atoms with Crippen molar-refractivity contribution < 1.29 is 33.0 Å². The fraction of sp³-hybridized carbons (Fsp3) is 0.188. The molecule has 1 aliphatic rings. The Balaban J connectivity index is 1.34. The molecule has 0 aliphatic heterocycles. The summed E-state index contributed by atoms with van der Waals surface area (Å²) in [6.45, 7) is 1.56. The van der Waals surface area contributed by atoms with Crippen LogP contribution >= 0.6 is 11.9 Å². The molecule has 4 aromatic carbocycles. The number of carboxylic acids is 1. The van der Waals surface area contributed by atoms with E-state index in [0.717, 1.165) is 34.2 Å². The molecule has 1 aliphatic carbocycles. The number of methoxy groups -OCH3 is 1. The summed E-state index contributed by atoms with van der Waals surface area (Å²) in [6, 6.07) is 23.3. The SMILES string of the molecule is COc1cc(-c2ccc(F)cc2SNC(=O)O[C@H](C)c2ccccc2F)ccc1-c1ccc(C2(C(=O)O)CC2)cc1. The molecule has 5 rings (SSSR count). The van der Waals surface area contributed by atoms with Crippen LogP contribution in [-0.4, -0.2) is 24.3 Å². The highest BCUT2D eigenvalue weighted by molar-refractivity contribution is 7.98. The fourth-order valence-electron chi connectivity index (χ4n) is 4.79. The molecular weight excluding hydrogens is 548 g/mol. The van der Waals surface area contributed by atoms with Crippen molar-refractivity contribution in [1.29, 1.82) is 0 Å². The second-order valence-corrected chi connectivity index (χ2v) is 10.6. The van der Waals surface area contributed by atoms with E-state index in [9.17, 15) is 23.5 Å².